The van der Waals surface area contributed by atoms with Crippen LogP contribution in [0.1, 0.15) is 12.0 Å². The first-order valence-electron chi connectivity index (χ1n) is 7.05. The monoisotopic (exact) mass is 318 g/mol. The number of rotatable bonds is 7. The predicted molar refractivity (Wildman–Crippen MR) is 84.2 cm³/mol. The summed E-state index contributed by atoms with van der Waals surface area (Å²) >= 11 is 0. The molecule has 0 aliphatic heterocycles. The maximum atomic E-state index is 12.0. The van der Waals surface area contributed by atoms with Crippen LogP contribution in [0, 0.1) is 0 Å². The van der Waals surface area contributed by atoms with Crippen LogP contribution in [0.15, 0.2) is 65.6 Å². The average molecular weight is 318 g/mol. The second kappa shape index (κ2) is 7.75. The molecule has 0 bridgehead atoms. The predicted octanol–water partition coefficient (Wildman–Crippen LogP) is 2.64. The maximum Gasteiger partial charge on any atom is 0.306 e. The number of aryl methyl sites for hydroxylation is 1. The van der Waals surface area contributed by atoms with Gasteiger partial charge in [0.15, 0.2) is 9.84 Å². The Morgan fingerprint density at radius 1 is 0.909 bits per heavy atom. The Kier molecular flexibility index (Phi) is 5.72. The number of ether oxygens (including phenoxy) is 1. The maximum absolute atomic E-state index is 12.0. The zero-order chi connectivity index (χ0) is 15.8. The minimum Gasteiger partial charge on any atom is -0.465 e. The fraction of sp³-hybridized carbons (Fsp3) is 0.235. The van der Waals surface area contributed by atoms with Crippen LogP contribution >= 0.6 is 0 Å². The third-order valence-electron chi connectivity index (χ3n) is 3.18. The molecule has 0 aliphatic carbocycles. The van der Waals surface area contributed by atoms with Crippen molar-refractivity contribution in [2.75, 3.05) is 12.4 Å². The van der Waals surface area contributed by atoms with Crippen LogP contribution in [-0.2, 0) is 25.8 Å². The zero-order valence-electron chi connectivity index (χ0n) is 12.1. The number of sulfone groups is 1. The Morgan fingerprint density at radius 2 is 1.50 bits per heavy atom. The summed E-state index contributed by atoms with van der Waals surface area (Å²) in [4.78, 5) is 11.9. The first-order valence-corrected chi connectivity index (χ1v) is 8.70. The van der Waals surface area contributed by atoms with Gasteiger partial charge in [-0.15, -0.1) is 0 Å². The van der Waals surface area contributed by atoms with Gasteiger partial charge in [0.05, 0.1) is 10.6 Å². The third-order valence-corrected chi connectivity index (χ3v) is 4.87. The van der Waals surface area contributed by atoms with E-state index >= 15 is 0 Å². The average Bonchev–Trinajstić information content (AvgIpc) is 2.54. The van der Waals surface area contributed by atoms with E-state index in [0.29, 0.717) is 6.42 Å². The molecule has 0 atom stereocenters. The summed E-state index contributed by atoms with van der Waals surface area (Å²) in [5, 5.41) is 0. The minimum absolute atomic E-state index is 0.120. The second-order valence-corrected chi connectivity index (χ2v) is 6.95. The van der Waals surface area contributed by atoms with Crippen LogP contribution in [0.3, 0.4) is 0 Å². The number of carbonyl (C=O) groups is 1. The highest BCUT2D eigenvalue weighted by atomic mass is 32.2. The lowest BCUT2D eigenvalue weighted by atomic mass is 10.1. The zero-order valence-corrected chi connectivity index (χ0v) is 13.0. The van der Waals surface area contributed by atoms with E-state index in [2.05, 4.69) is 0 Å². The number of hydrogen-bond acceptors (Lipinski definition) is 4. The molecule has 0 heterocycles. The molecule has 0 radical (unpaired) electrons. The summed E-state index contributed by atoms with van der Waals surface area (Å²) < 4.78 is 29.0. The van der Waals surface area contributed by atoms with Gasteiger partial charge < -0.3 is 4.74 Å². The number of benzene rings is 2. The molecule has 2 aromatic carbocycles. The molecule has 0 aliphatic rings. The van der Waals surface area contributed by atoms with E-state index < -0.39 is 9.84 Å². The van der Waals surface area contributed by atoms with Gasteiger partial charge in [0.1, 0.15) is 6.61 Å². The second-order valence-electron chi connectivity index (χ2n) is 4.84. The SMILES string of the molecule is O=C(CCc1ccccc1)OCCS(=O)(=O)c1ccccc1. The molecule has 0 amide bonds. The summed E-state index contributed by atoms with van der Waals surface area (Å²) in [7, 11) is -3.40. The summed E-state index contributed by atoms with van der Waals surface area (Å²) in [5.74, 6) is -0.583. The Hall–Kier alpha value is -2.14. The molecule has 0 saturated carbocycles. The first-order chi connectivity index (χ1) is 10.6. The smallest absolute Gasteiger partial charge is 0.306 e. The topological polar surface area (TPSA) is 60.4 Å². The number of hydrogen-bond donors (Lipinski definition) is 0. The molecule has 4 nitrogen and oxygen atoms in total. The van der Waals surface area contributed by atoms with Gasteiger partial charge in [0.25, 0.3) is 0 Å². The summed E-state index contributed by atoms with van der Waals surface area (Å²) in [6.07, 6.45) is 0.834. The molecule has 5 heteroatoms. The van der Waals surface area contributed by atoms with Crippen LogP contribution in [0.2, 0.25) is 0 Å². The van der Waals surface area contributed by atoms with Gasteiger partial charge in [-0.05, 0) is 24.1 Å². The Morgan fingerprint density at radius 3 is 2.14 bits per heavy atom. The standard InChI is InChI=1S/C17H18O4S/c18-17(12-11-15-7-3-1-4-8-15)21-13-14-22(19,20)16-9-5-2-6-10-16/h1-10H,11-14H2. The Labute approximate surface area is 130 Å². The van der Waals surface area contributed by atoms with Crippen molar-refractivity contribution >= 4 is 15.8 Å². The molecule has 0 fully saturated rings. The quantitative estimate of drug-likeness (QED) is 0.736. The van der Waals surface area contributed by atoms with Gasteiger partial charge in [0.2, 0.25) is 0 Å². The van der Waals surface area contributed by atoms with Gasteiger partial charge in [-0.25, -0.2) is 8.42 Å². The van der Waals surface area contributed by atoms with Crippen LogP contribution in [0.5, 0.6) is 0 Å². The lowest BCUT2D eigenvalue weighted by Crippen LogP contribution is -2.16. The molecule has 0 saturated heterocycles. The van der Waals surface area contributed by atoms with Crippen LogP contribution in [0.4, 0.5) is 0 Å². The highest BCUT2D eigenvalue weighted by Crippen LogP contribution is 2.10. The molecular weight excluding hydrogens is 300 g/mol. The van der Waals surface area contributed by atoms with Crippen molar-refractivity contribution in [2.24, 2.45) is 0 Å². The molecule has 2 rings (SSSR count). The van der Waals surface area contributed by atoms with Crippen molar-refractivity contribution in [3.8, 4) is 0 Å². The van der Waals surface area contributed by atoms with Crippen LogP contribution in [-0.4, -0.2) is 26.7 Å². The fourth-order valence-electron chi connectivity index (χ4n) is 1.97. The van der Waals surface area contributed by atoms with Crippen LogP contribution in [0.25, 0.3) is 0 Å². The molecule has 22 heavy (non-hydrogen) atoms. The van der Waals surface area contributed by atoms with Crippen molar-refractivity contribution in [3.05, 3.63) is 66.2 Å². The first kappa shape index (κ1) is 16.2. The van der Waals surface area contributed by atoms with Gasteiger partial charge in [0, 0.05) is 6.42 Å². The summed E-state index contributed by atoms with van der Waals surface area (Å²) in [5.41, 5.74) is 1.05. The van der Waals surface area contributed by atoms with Crippen molar-refractivity contribution in [1.29, 1.82) is 0 Å². The van der Waals surface area contributed by atoms with Crippen molar-refractivity contribution in [3.63, 3.8) is 0 Å². The van der Waals surface area contributed by atoms with Crippen LogP contribution < -0.4 is 0 Å². The number of esters is 1. The van der Waals surface area contributed by atoms with E-state index in [1.165, 1.54) is 12.1 Å². The molecule has 0 N–H and O–H groups in total. The largest absolute Gasteiger partial charge is 0.465 e. The van der Waals surface area contributed by atoms with Gasteiger partial charge in [-0.3, -0.25) is 4.79 Å². The molecule has 0 aromatic heterocycles. The van der Waals surface area contributed by atoms with Gasteiger partial charge in [-0.1, -0.05) is 48.5 Å². The van der Waals surface area contributed by atoms with Crippen molar-refractivity contribution < 1.29 is 17.9 Å². The lowest BCUT2D eigenvalue weighted by Gasteiger charge is -2.06. The molecule has 0 unspecified atom stereocenters. The molecule has 116 valence electrons. The fourth-order valence-corrected chi connectivity index (χ4v) is 3.08. The lowest BCUT2D eigenvalue weighted by molar-refractivity contribution is -0.142. The van der Waals surface area contributed by atoms with Crippen molar-refractivity contribution in [2.45, 2.75) is 17.7 Å². The highest BCUT2D eigenvalue weighted by Gasteiger charge is 2.14. The van der Waals surface area contributed by atoms with E-state index in [1.54, 1.807) is 18.2 Å². The summed E-state index contributed by atoms with van der Waals surface area (Å²) in [6, 6.07) is 17.8. The van der Waals surface area contributed by atoms with E-state index in [9.17, 15) is 13.2 Å². The summed E-state index contributed by atoms with van der Waals surface area (Å²) in [6.45, 7) is -0.120. The van der Waals surface area contributed by atoms with Gasteiger partial charge >= 0.3 is 5.97 Å². The molecule has 0 spiro atoms. The Bertz CT molecular complexity index is 694. The Balaban J connectivity index is 1.75. The normalized spacial score (nSPS) is 11.1. The molecular formula is C17H18O4S. The molecule has 2 aromatic rings. The third kappa shape index (κ3) is 5.00. The van der Waals surface area contributed by atoms with E-state index in [-0.39, 0.29) is 29.6 Å². The highest BCUT2D eigenvalue weighted by molar-refractivity contribution is 7.91. The van der Waals surface area contributed by atoms with E-state index in [1.807, 2.05) is 30.3 Å². The van der Waals surface area contributed by atoms with E-state index in [4.69, 9.17) is 4.74 Å². The van der Waals surface area contributed by atoms with E-state index in [0.717, 1.165) is 5.56 Å². The minimum atomic E-state index is -3.40. The number of carbonyl (C=O) groups excluding carboxylic acids is 1. The van der Waals surface area contributed by atoms with Gasteiger partial charge in [-0.2, -0.15) is 0 Å². The van der Waals surface area contributed by atoms with Crippen molar-refractivity contribution in [1.82, 2.24) is 0 Å².